The van der Waals surface area contributed by atoms with Gasteiger partial charge in [-0.1, -0.05) is 0 Å². The quantitative estimate of drug-likeness (QED) is 0.497. The first-order valence-electron chi connectivity index (χ1n) is 6.73. The lowest BCUT2D eigenvalue weighted by Crippen LogP contribution is -2.33. The predicted molar refractivity (Wildman–Crippen MR) is 74.0 cm³/mol. The summed E-state index contributed by atoms with van der Waals surface area (Å²) < 4.78 is 10.1. The lowest BCUT2D eigenvalue weighted by atomic mass is 10.3. The Balaban J connectivity index is 3.27. The standard InChI is InChI=1S/C13H30N2O3/c1-12(2)15(3)7-5-6-14-10-13(16)11-18-9-8-17-4/h12-14,16H,5-11H2,1-4H3. The lowest BCUT2D eigenvalue weighted by Gasteiger charge is -2.21. The Labute approximate surface area is 111 Å². The summed E-state index contributed by atoms with van der Waals surface area (Å²) in [7, 11) is 3.76. The Bertz CT molecular complexity index is 180. The second kappa shape index (κ2) is 11.9. The van der Waals surface area contributed by atoms with Crippen molar-refractivity contribution < 1.29 is 14.6 Å². The lowest BCUT2D eigenvalue weighted by molar-refractivity contribution is 0.0138. The van der Waals surface area contributed by atoms with Crippen molar-refractivity contribution in [2.75, 3.05) is 53.6 Å². The first-order chi connectivity index (χ1) is 8.57. The predicted octanol–water partition coefficient (Wildman–Crippen LogP) is 0.330. The van der Waals surface area contributed by atoms with Crippen LogP contribution in [-0.2, 0) is 9.47 Å². The van der Waals surface area contributed by atoms with Gasteiger partial charge in [0.25, 0.3) is 0 Å². The third-order valence-electron chi connectivity index (χ3n) is 2.87. The van der Waals surface area contributed by atoms with Gasteiger partial charge in [0.2, 0.25) is 0 Å². The third-order valence-corrected chi connectivity index (χ3v) is 2.87. The van der Waals surface area contributed by atoms with Crippen molar-refractivity contribution in [2.24, 2.45) is 0 Å². The zero-order chi connectivity index (χ0) is 13.8. The number of aliphatic hydroxyl groups excluding tert-OH is 1. The van der Waals surface area contributed by atoms with Crippen LogP contribution in [0.2, 0.25) is 0 Å². The summed E-state index contributed by atoms with van der Waals surface area (Å²) in [4.78, 5) is 2.31. The maximum absolute atomic E-state index is 9.61. The van der Waals surface area contributed by atoms with Gasteiger partial charge in [-0.2, -0.15) is 0 Å². The molecule has 2 N–H and O–H groups in total. The van der Waals surface area contributed by atoms with E-state index < -0.39 is 6.10 Å². The number of hydrogen-bond acceptors (Lipinski definition) is 5. The molecule has 0 saturated heterocycles. The zero-order valence-electron chi connectivity index (χ0n) is 12.3. The molecule has 0 aliphatic carbocycles. The number of methoxy groups -OCH3 is 1. The molecule has 1 atom stereocenters. The van der Waals surface area contributed by atoms with Crippen molar-refractivity contribution in [3.8, 4) is 0 Å². The van der Waals surface area contributed by atoms with Crippen LogP contribution >= 0.6 is 0 Å². The summed E-state index contributed by atoms with van der Waals surface area (Å²) in [6, 6.07) is 0.588. The summed E-state index contributed by atoms with van der Waals surface area (Å²) in [5, 5.41) is 12.8. The van der Waals surface area contributed by atoms with E-state index in [1.165, 1.54) is 0 Å². The van der Waals surface area contributed by atoms with Gasteiger partial charge in [0.15, 0.2) is 0 Å². The number of rotatable bonds is 12. The van der Waals surface area contributed by atoms with E-state index >= 15 is 0 Å². The van der Waals surface area contributed by atoms with E-state index in [-0.39, 0.29) is 0 Å². The average Bonchev–Trinajstić information content (AvgIpc) is 2.33. The van der Waals surface area contributed by atoms with Crippen LogP contribution in [0.15, 0.2) is 0 Å². The van der Waals surface area contributed by atoms with Crippen molar-refractivity contribution in [1.29, 1.82) is 0 Å². The minimum Gasteiger partial charge on any atom is -0.389 e. The molecular formula is C13H30N2O3. The van der Waals surface area contributed by atoms with Crippen LogP contribution in [-0.4, -0.2) is 75.8 Å². The highest BCUT2D eigenvalue weighted by Crippen LogP contribution is 1.94. The molecule has 0 saturated carbocycles. The molecular weight excluding hydrogens is 232 g/mol. The van der Waals surface area contributed by atoms with Gasteiger partial charge in [0.05, 0.1) is 25.9 Å². The van der Waals surface area contributed by atoms with Crippen LogP contribution in [0.3, 0.4) is 0 Å². The smallest absolute Gasteiger partial charge is 0.0897 e. The van der Waals surface area contributed by atoms with Crippen LogP contribution in [0.25, 0.3) is 0 Å². The minimum absolute atomic E-state index is 0.363. The van der Waals surface area contributed by atoms with E-state index in [0.29, 0.717) is 32.4 Å². The SMILES string of the molecule is COCCOCC(O)CNCCCN(C)C(C)C. The normalized spacial score (nSPS) is 13.5. The summed E-state index contributed by atoms with van der Waals surface area (Å²) in [5.74, 6) is 0. The van der Waals surface area contributed by atoms with Gasteiger partial charge in [-0.05, 0) is 40.4 Å². The van der Waals surface area contributed by atoms with E-state index in [2.05, 4.69) is 31.1 Å². The number of hydrogen-bond donors (Lipinski definition) is 2. The Hall–Kier alpha value is -0.200. The molecule has 0 aliphatic heterocycles. The van der Waals surface area contributed by atoms with Crippen LogP contribution in [0, 0.1) is 0 Å². The molecule has 18 heavy (non-hydrogen) atoms. The molecule has 0 spiro atoms. The van der Waals surface area contributed by atoms with Gasteiger partial charge in [0.1, 0.15) is 0 Å². The molecule has 1 unspecified atom stereocenters. The largest absolute Gasteiger partial charge is 0.389 e. The molecule has 0 heterocycles. The van der Waals surface area contributed by atoms with E-state index in [1.807, 2.05) is 0 Å². The Kier molecular flexibility index (Phi) is 11.7. The highest BCUT2D eigenvalue weighted by molar-refractivity contribution is 4.61. The van der Waals surface area contributed by atoms with E-state index in [9.17, 15) is 5.11 Å². The molecule has 0 aliphatic rings. The first-order valence-corrected chi connectivity index (χ1v) is 6.73. The number of ether oxygens (including phenoxy) is 2. The van der Waals surface area contributed by atoms with Crippen LogP contribution in [0.1, 0.15) is 20.3 Å². The maximum Gasteiger partial charge on any atom is 0.0897 e. The van der Waals surface area contributed by atoms with E-state index in [1.54, 1.807) is 7.11 Å². The molecule has 0 rings (SSSR count). The summed E-state index contributed by atoms with van der Waals surface area (Å²) in [6.07, 6.45) is 0.649. The second-order valence-electron chi connectivity index (χ2n) is 4.85. The highest BCUT2D eigenvalue weighted by atomic mass is 16.5. The maximum atomic E-state index is 9.61. The number of nitrogens with zero attached hydrogens (tertiary/aromatic N) is 1. The Morgan fingerprint density at radius 1 is 1.28 bits per heavy atom. The fraction of sp³-hybridized carbons (Fsp3) is 1.00. The molecule has 0 aromatic carbocycles. The van der Waals surface area contributed by atoms with E-state index in [0.717, 1.165) is 19.5 Å². The molecule has 0 aromatic heterocycles. The van der Waals surface area contributed by atoms with Crippen LogP contribution < -0.4 is 5.32 Å². The summed E-state index contributed by atoms with van der Waals surface area (Å²) in [6.45, 7) is 8.43. The van der Waals surface area contributed by atoms with Crippen molar-refractivity contribution in [2.45, 2.75) is 32.4 Å². The number of aliphatic hydroxyl groups is 1. The second-order valence-corrected chi connectivity index (χ2v) is 4.85. The van der Waals surface area contributed by atoms with Crippen molar-refractivity contribution in [3.63, 3.8) is 0 Å². The van der Waals surface area contributed by atoms with Gasteiger partial charge in [-0.3, -0.25) is 0 Å². The van der Waals surface area contributed by atoms with Crippen LogP contribution in [0.4, 0.5) is 0 Å². The summed E-state index contributed by atoms with van der Waals surface area (Å²) >= 11 is 0. The topological polar surface area (TPSA) is 54.0 Å². The van der Waals surface area contributed by atoms with E-state index in [4.69, 9.17) is 9.47 Å². The summed E-state index contributed by atoms with van der Waals surface area (Å²) in [5.41, 5.74) is 0. The van der Waals surface area contributed by atoms with Crippen LogP contribution in [0.5, 0.6) is 0 Å². The minimum atomic E-state index is -0.440. The van der Waals surface area contributed by atoms with Crippen molar-refractivity contribution >= 4 is 0 Å². The molecule has 5 heteroatoms. The van der Waals surface area contributed by atoms with Crippen molar-refractivity contribution in [1.82, 2.24) is 10.2 Å². The Morgan fingerprint density at radius 3 is 2.61 bits per heavy atom. The Morgan fingerprint density at radius 2 is 2.00 bits per heavy atom. The molecule has 0 radical (unpaired) electrons. The van der Waals surface area contributed by atoms with Gasteiger partial charge >= 0.3 is 0 Å². The van der Waals surface area contributed by atoms with Crippen molar-refractivity contribution in [3.05, 3.63) is 0 Å². The van der Waals surface area contributed by atoms with Gasteiger partial charge in [0, 0.05) is 19.7 Å². The van der Waals surface area contributed by atoms with Gasteiger partial charge in [-0.25, -0.2) is 0 Å². The molecule has 0 aromatic rings. The molecule has 0 amide bonds. The fourth-order valence-electron chi connectivity index (χ4n) is 1.40. The average molecular weight is 262 g/mol. The highest BCUT2D eigenvalue weighted by Gasteiger charge is 2.04. The monoisotopic (exact) mass is 262 g/mol. The third kappa shape index (κ3) is 10.9. The molecule has 0 bridgehead atoms. The zero-order valence-corrected chi connectivity index (χ0v) is 12.3. The molecule has 0 fully saturated rings. The first kappa shape index (κ1) is 17.8. The molecule has 110 valence electrons. The van der Waals surface area contributed by atoms with Gasteiger partial charge < -0.3 is 24.8 Å². The number of nitrogens with one attached hydrogen (secondary N) is 1. The fourth-order valence-corrected chi connectivity index (χ4v) is 1.40. The van der Waals surface area contributed by atoms with Gasteiger partial charge in [-0.15, -0.1) is 0 Å². The molecule has 5 nitrogen and oxygen atoms in total.